The van der Waals surface area contributed by atoms with Gasteiger partial charge in [0.15, 0.2) is 6.61 Å². The number of esters is 2. The van der Waals surface area contributed by atoms with Gasteiger partial charge < -0.3 is 9.47 Å². The second kappa shape index (κ2) is 9.04. The minimum absolute atomic E-state index is 0.107. The number of carbonyl (C=O) groups is 2. The molecule has 3 atom stereocenters. The number of hydrogen-bond donors (Lipinski definition) is 0. The third-order valence-corrected chi connectivity index (χ3v) is 5.54. The van der Waals surface area contributed by atoms with Crippen LogP contribution in [0.4, 0.5) is 0 Å². The molecule has 138 valence electrons. The molecule has 0 saturated heterocycles. The van der Waals surface area contributed by atoms with Crippen molar-refractivity contribution in [3.63, 3.8) is 0 Å². The number of halogens is 2. The SMILES string of the molecule is CC1CCC(C(C)C)C(OC(=O)COC(=O)c2cc(Br)ccc2Cl)C1. The van der Waals surface area contributed by atoms with E-state index in [2.05, 4.69) is 36.7 Å². The molecule has 1 saturated carbocycles. The van der Waals surface area contributed by atoms with Crippen LogP contribution in [0, 0.1) is 17.8 Å². The maximum Gasteiger partial charge on any atom is 0.344 e. The van der Waals surface area contributed by atoms with Gasteiger partial charge in [-0.1, -0.05) is 54.7 Å². The minimum Gasteiger partial charge on any atom is -0.460 e. The summed E-state index contributed by atoms with van der Waals surface area (Å²) in [5, 5.41) is 0.280. The van der Waals surface area contributed by atoms with E-state index in [-0.39, 0.29) is 16.7 Å². The molecule has 1 fully saturated rings. The van der Waals surface area contributed by atoms with E-state index in [9.17, 15) is 9.59 Å². The van der Waals surface area contributed by atoms with Crippen LogP contribution in [0.25, 0.3) is 0 Å². The average molecular weight is 432 g/mol. The summed E-state index contributed by atoms with van der Waals surface area (Å²) in [5.74, 6) is 0.199. The van der Waals surface area contributed by atoms with Gasteiger partial charge in [-0.25, -0.2) is 9.59 Å². The van der Waals surface area contributed by atoms with Crippen molar-refractivity contribution in [1.82, 2.24) is 0 Å². The smallest absolute Gasteiger partial charge is 0.344 e. The summed E-state index contributed by atoms with van der Waals surface area (Å²) in [7, 11) is 0. The Labute approximate surface area is 162 Å². The number of benzene rings is 1. The first-order valence-electron chi connectivity index (χ1n) is 8.59. The van der Waals surface area contributed by atoms with Gasteiger partial charge in [0.2, 0.25) is 0 Å². The zero-order valence-electron chi connectivity index (χ0n) is 14.8. The van der Waals surface area contributed by atoms with Crippen LogP contribution in [-0.2, 0) is 14.3 Å². The van der Waals surface area contributed by atoms with E-state index in [0.717, 1.165) is 19.3 Å². The highest BCUT2D eigenvalue weighted by molar-refractivity contribution is 9.10. The van der Waals surface area contributed by atoms with Gasteiger partial charge in [-0.2, -0.15) is 0 Å². The molecule has 0 amide bonds. The van der Waals surface area contributed by atoms with E-state index in [4.69, 9.17) is 21.1 Å². The third kappa shape index (κ3) is 5.71. The highest BCUT2D eigenvalue weighted by atomic mass is 79.9. The van der Waals surface area contributed by atoms with Gasteiger partial charge in [0.05, 0.1) is 10.6 Å². The van der Waals surface area contributed by atoms with Crippen molar-refractivity contribution in [1.29, 1.82) is 0 Å². The molecule has 0 bridgehead atoms. The Hall–Kier alpha value is -1.07. The van der Waals surface area contributed by atoms with Crippen molar-refractivity contribution in [2.75, 3.05) is 6.61 Å². The summed E-state index contributed by atoms with van der Waals surface area (Å²) in [4.78, 5) is 24.2. The maximum atomic E-state index is 12.1. The predicted octanol–water partition coefficient (Wildman–Crippen LogP) is 5.26. The van der Waals surface area contributed by atoms with Crippen LogP contribution in [0.3, 0.4) is 0 Å². The zero-order valence-corrected chi connectivity index (χ0v) is 17.1. The van der Waals surface area contributed by atoms with Crippen LogP contribution < -0.4 is 0 Å². The van der Waals surface area contributed by atoms with Crippen molar-refractivity contribution in [2.45, 2.75) is 46.1 Å². The normalized spacial score (nSPS) is 23.4. The quantitative estimate of drug-likeness (QED) is 0.596. The molecule has 0 heterocycles. The Morgan fingerprint density at radius 3 is 2.72 bits per heavy atom. The molecule has 25 heavy (non-hydrogen) atoms. The first-order valence-corrected chi connectivity index (χ1v) is 9.76. The van der Waals surface area contributed by atoms with Crippen molar-refractivity contribution in [3.05, 3.63) is 33.3 Å². The summed E-state index contributed by atoms with van der Waals surface area (Å²) in [6.45, 7) is 6.07. The topological polar surface area (TPSA) is 52.6 Å². The molecule has 0 radical (unpaired) electrons. The summed E-state index contributed by atoms with van der Waals surface area (Å²) in [6.07, 6.45) is 2.97. The van der Waals surface area contributed by atoms with Gasteiger partial charge in [0, 0.05) is 4.47 Å². The molecule has 1 aliphatic carbocycles. The van der Waals surface area contributed by atoms with Crippen LogP contribution in [0.1, 0.15) is 50.4 Å². The largest absolute Gasteiger partial charge is 0.460 e. The second-order valence-corrected chi connectivity index (χ2v) is 8.38. The number of rotatable bonds is 5. The molecule has 0 aromatic heterocycles. The lowest BCUT2D eigenvalue weighted by Crippen LogP contribution is -2.36. The fraction of sp³-hybridized carbons (Fsp3) is 0.579. The number of hydrogen-bond acceptors (Lipinski definition) is 4. The molecule has 3 unspecified atom stereocenters. The standard InChI is InChI=1S/C19H24BrClO4/c1-11(2)14-6-4-12(3)8-17(14)25-18(22)10-24-19(23)15-9-13(20)5-7-16(15)21/h5,7,9,11-12,14,17H,4,6,8,10H2,1-3H3. The van der Waals surface area contributed by atoms with Crippen LogP contribution in [0.5, 0.6) is 0 Å². The molecule has 1 aromatic rings. The Morgan fingerprint density at radius 1 is 1.32 bits per heavy atom. The van der Waals surface area contributed by atoms with Gasteiger partial charge >= 0.3 is 11.9 Å². The third-order valence-electron chi connectivity index (χ3n) is 4.71. The summed E-state index contributed by atoms with van der Waals surface area (Å²) >= 11 is 9.27. The molecule has 0 aliphatic heterocycles. The van der Waals surface area contributed by atoms with Crippen LogP contribution in [0.2, 0.25) is 5.02 Å². The lowest BCUT2D eigenvalue weighted by atomic mass is 9.75. The van der Waals surface area contributed by atoms with Gasteiger partial charge in [-0.05, 0) is 48.8 Å². The van der Waals surface area contributed by atoms with Crippen molar-refractivity contribution in [2.24, 2.45) is 17.8 Å². The van der Waals surface area contributed by atoms with E-state index in [1.165, 1.54) is 0 Å². The molecule has 2 rings (SSSR count). The van der Waals surface area contributed by atoms with Crippen molar-refractivity contribution >= 4 is 39.5 Å². The Balaban J connectivity index is 1.91. The fourth-order valence-electron chi connectivity index (χ4n) is 3.31. The molecular weight excluding hydrogens is 408 g/mol. The van der Waals surface area contributed by atoms with Gasteiger partial charge in [-0.15, -0.1) is 0 Å². The van der Waals surface area contributed by atoms with E-state index < -0.39 is 18.5 Å². The summed E-state index contributed by atoms with van der Waals surface area (Å²) in [5.41, 5.74) is 0.218. The molecule has 4 nitrogen and oxygen atoms in total. The molecular formula is C19H24BrClO4. The Kier molecular flexibility index (Phi) is 7.32. The molecule has 1 aromatic carbocycles. The number of ether oxygens (including phenoxy) is 2. The van der Waals surface area contributed by atoms with E-state index >= 15 is 0 Å². The molecule has 0 spiro atoms. The maximum absolute atomic E-state index is 12.1. The first kappa shape index (κ1) is 20.2. The first-order chi connectivity index (χ1) is 11.8. The van der Waals surface area contributed by atoms with Gasteiger partial charge in [0.1, 0.15) is 6.10 Å². The number of carbonyl (C=O) groups excluding carboxylic acids is 2. The van der Waals surface area contributed by atoms with Gasteiger partial charge in [-0.3, -0.25) is 0 Å². The van der Waals surface area contributed by atoms with Crippen LogP contribution in [-0.4, -0.2) is 24.6 Å². The lowest BCUT2D eigenvalue weighted by molar-refractivity contribution is -0.159. The molecule has 1 aliphatic rings. The van der Waals surface area contributed by atoms with E-state index in [1.807, 2.05) is 0 Å². The summed E-state index contributed by atoms with van der Waals surface area (Å²) < 4.78 is 11.4. The lowest BCUT2D eigenvalue weighted by Gasteiger charge is -2.36. The van der Waals surface area contributed by atoms with Crippen LogP contribution >= 0.6 is 27.5 Å². The highest BCUT2D eigenvalue weighted by Gasteiger charge is 2.33. The van der Waals surface area contributed by atoms with Gasteiger partial charge in [0.25, 0.3) is 0 Å². The van der Waals surface area contributed by atoms with E-state index in [0.29, 0.717) is 22.2 Å². The van der Waals surface area contributed by atoms with Crippen molar-refractivity contribution in [3.8, 4) is 0 Å². The predicted molar refractivity (Wildman–Crippen MR) is 101 cm³/mol. The van der Waals surface area contributed by atoms with Crippen molar-refractivity contribution < 1.29 is 19.1 Å². The average Bonchev–Trinajstić information content (AvgIpc) is 2.54. The molecule has 6 heteroatoms. The van der Waals surface area contributed by atoms with E-state index in [1.54, 1.807) is 18.2 Å². The van der Waals surface area contributed by atoms with Crippen LogP contribution in [0.15, 0.2) is 22.7 Å². The Bertz CT molecular complexity index is 632. The molecule has 0 N–H and O–H groups in total. The highest BCUT2D eigenvalue weighted by Crippen LogP contribution is 2.35. The summed E-state index contributed by atoms with van der Waals surface area (Å²) in [6, 6.07) is 4.88. The second-order valence-electron chi connectivity index (χ2n) is 7.05. The Morgan fingerprint density at radius 2 is 2.04 bits per heavy atom. The minimum atomic E-state index is -0.638. The fourth-order valence-corrected chi connectivity index (χ4v) is 3.87. The monoisotopic (exact) mass is 430 g/mol. The zero-order chi connectivity index (χ0) is 18.6.